The van der Waals surface area contributed by atoms with E-state index in [1.165, 1.54) is 12.1 Å². The van der Waals surface area contributed by atoms with E-state index in [2.05, 4.69) is 6.92 Å². The second-order valence-corrected chi connectivity index (χ2v) is 3.73. The minimum absolute atomic E-state index is 0.346. The maximum absolute atomic E-state index is 12.4. The molecule has 2 aromatic rings. The normalized spacial score (nSPS) is 11.3. The molecule has 4 heteroatoms. The number of para-hydroxylation sites is 1. The highest BCUT2D eigenvalue weighted by Crippen LogP contribution is 2.31. The molecule has 0 saturated carbocycles. The van der Waals surface area contributed by atoms with E-state index >= 15 is 0 Å². The van der Waals surface area contributed by atoms with Gasteiger partial charge in [0.1, 0.15) is 11.5 Å². The third-order valence-corrected chi connectivity index (χ3v) is 2.38. The number of alkyl halides is 3. The van der Waals surface area contributed by atoms with Gasteiger partial charge in [0.2, 0.25) is 0 Å². The van der Waals surface area contributed by atoms with Gasteiger partial charge in [0.05, 0.1) is 5.56 Å². The standard InChI is InChI=1S/C14H10F3O/c1-10-4-2-3-5-13(10)18-12-8-6-11(7-9-12)14(15,16)17/h2-9H,1H2. The first-order valence-corrected chi connectivity index (χ1v) is 5.23. The van der Waals surface area contributed by atoms with E-state index in [-0.39, 0.29) is 0 Å². The van der Waals surface area contributed by atoms with Crippen molar-refractivity contribution in [1.82, 2.24) is 0 Å². The predicted octanol–water partition coefficient (Wildman–Crippen LogP) is 4.68. The number of halogens is 3. The molecule has 1 radical (unpaired) electrons. The van der Waals surface area contributed by atoms with E-state index in [4.69, 9.17) is 4.74 Å². The Morgan fingerprint density at radius 3 is 2.06 bits per heavy atom. The van der Waals surface area contributed by atoms with Crippen LogP contribution in [0.3, 0.4) is 0 Å². The topological polar surface area (TPSA) is 9.23 Å². The molecule has 18 heavy (non-hydrogen) atoms. The molecule has 0 atom stereocenters. The highest BCUT2D eigenvalue weighted by molar-refractivity contribution is 5.40. The molecule has 0 aliphatic rings. The van der Waals surface area contributed by atoms with Crippen LogP contribution in [0.25, 0.3) is 0 Å². The van der Waals surface area contributed by atoms with Crippen molar-refractivity contribution in [2.45, 2.75) is 6.18 Å². The summed E-state index contributed by atoms with van der Waals surface area (Å²) in [5.74, 6) is 0.872. The molecule has 1 nitrogen and oxygen atoms in total. The summed E-state index contributed by atoms with van der Waals surface area (Å²) in [5.41, 5.74) is -0.0184. The summed E-state index contributed by atoms with van der Waals surface area (Å²) in [6.07, 6.45) is -4.33. The first kappa shape index (κ1) is 12.5. The lowest BCUT2D eigenvalue weighted by Crippen LogP contribution is -2.04. The zero-order valence-electron chi connectivity index (χ0n) is 9.37. The van der Waals surface area contributed by atoms with Gasteiger partial charge in [-0.1, -0.05) is 18.2 Å². The molecule has 0 aromatic heterocycles. The van der Waals surface area contributed by atoms with Crippen molar-refractivity contribution in [1.29, 1.82) is 0 Å². The third kappa shape index (κ3) is 2.83. The first-order chi connectivity index (χ1) is 8.47. The Morgan fingerprint density at radius 1 is 0.889 bits per heavy atom. The van der Waals surface area contributed by atoms with Crippen molar-refractivity contribution in [3.05, 3.63) is 66.6 Å². The molecule has 0 bridgehead atoms. The lowest BCUT2D eigenvalue weighted by atomic mass is 10.2. The second-order valence-electron chi connectivity index (χ2n) is 3.73. The summed E-state index contributed by atoms with van der Waals surface area (Å²) < 4.78 is 42.5. The molecule has 0 aliphatic heterocycles. The molecule has 2 aromatic carbocycles. The Hall–Kier alpha value is -1.97. The van der Waals surface area contributed by atoms with E-state index < -0.39 is 11.7 Å². The van der Waals surface area contributed by atoms with Crippen molar-refractivity contribution in [2.24, 2.45) is 0 Å². The minimum atomic E-state index is -4.33. The fourth-order valence-electron chi connectivity index (χ4n) is 1.44. The van der Waals surface area contributed by atoms with Gasteiger partial charge < -0.3 is 4.74 Å². The Kier molecular flexibility index (Phi) is 3.28. The molecular formula is C14H10F3O. The van der Waals surface area contributed by atoms with Gasteiger partial charge in [-0.2, -0.15) is 13.2 Å². The van der Waals surface area contributed by atoms with Gasteiger partial charge in [0, 0.05) is 0 Å². The third-order valence-electron chi connectivity index (χ3n) is 2.38. The minimum Gasteiger partial charge on any atom is -0.457 e. The number of hydrogen-bond donors (Lipinski definition) is 0. The summed E-state index contributed by atoms with van der Waals surface area (Å²) >= 11 is 0. The lowest BCUT2D eigenvalue weighted by Gasteiger charge is -2.10. The SMILES string of the molecule is [CH2]c1ccccc1Oc1ccc(C(F)(F)F)cc1. The quantitative estimate of drug-likeness (QED) is 0.753. The average Bonchev–Trinajstić information content (AvgIpc) is 2.32. The van der Waals surface area contributed by atoms with Crippen LogP contribution in [-0.4, -0.2) is 0 Å². The maximum atomic E-state index is 12.4. The zero-order valence-corrected chi connectivity index (χ0v) is 9.37. The molecule has 0 N–H and O–H groups in total. The molecule has 0 saturated heterocycles. The van der Waals surface area contributed by atoms with Crippen LogP contribution in [0.2, 0.25) is 0 Å². The van der Waals surface area contributed by atoms with E-state index in [9.17, 15) is 13.2 Å². The van der Waals surface area contributed by atoms with Crippen LogP contribution in [0.1, 0.15) is 11.1 Å². The summed E-state index contributed by atoms with van der Waals surface area (Å²) in [5, 5.41) is 0. The summed E-state index contributed by atoms with van der Waals surface area (Å²) in [6.45, 7) is 3.77. The molecule has 0 aliphatic carbocycles. The molecule has 0 fully saturated rings. The fourth-order valence-corrected chi connectivity index (χ4v) is 1.44. The smallest absolute Gasteiger partial charge is 0.416 e. The average molecular weight is 251 g/mol. The van der Waals surface area contributed by atoms with Crippen molar-refractivity contribution in [3.8, 4) is 11.5 Å². The van der Waals surface area contributed by atoms with Gasteiger partial charge >= 0.3 is 6.18 Å². The molecule has 93 valence electrons. The van der Waals surface area contributed by atoms with Gasteiger partial charge in [-0.3, -0.25) is 0 Å². The van der Waals surface area contributed by atoms with Gasteiger partial charge in [-0.15, -0.1) is 0 Å². The van der Waals surface area contributed by atoms with Crippen LogP contribution in [-0.2, 0) is 6.18 Å². The zero-order chi connectivity index (χ0) is 13.2. The number of ether oxygens (including phenoxy) is 1. The molecule has 0 unspecified atom stereocenters. The second kappa shape index (κ2) is 4.72. The van der Waals surface area contributed by atoms with Crippen LogP contribution in [0.15, 0.2) is 48.5 Å². The van der Waals surface area contributed by atoms with Crippen LogP contribution >= 0.6 is 0 Å². The Morgan fingerprint density at radius 2 is 1.50 bits per heavy atom. The summed E-state index contributed by atoms with van der Waals surface area (Å²) in [4.78, 5) is 0. The van der Waals surface area contributed by atoms with Crippen LogP contribution in [0.5, 0.6) is 11.5 Å². The molecule has 2 rings (SSSR count). The molecule has 0 amide bonds. The van der Waals surface area contributed by atoms with Crippen molar-refractivity contribution in [2.75, 3.05) is 0 Å². The molecular weight excluding hydrogens is 241 g/mol. The van der Waals surface area contributed by atoms with E-state index in [0.717, 1.165) is 12.1 Å². The monoisotopic (exact) mass is 251 g/mol. The van der Waals surface area contributed by atoms with Crippen molar-refractivity contribution in [3.63, 3.8) is 0 Å². The Labute approximate surface area is 103 Å². The fraction of sp³-hybridized carbons (Fsp3) is 0.0714. The largest absolute Gasteiger partial charge is 0.457 e. The van der Waals surface area contributed by atoms with Crippen LogP contribution in [0.4, 0.5) is 13.2 Å². The summed E-state index contributed by atoms with van der Waals surface area (Å²) in [7, 11) is 0. The Bertz CT molecular complexity index is 529. The van der Waals surface area contributed by atoms with Gasteiger partial charge in [-0.05, 0) is 42.8 Å². The molecule has 0 heterocycles. The van der Waals surface area contributed by atoms with Crippen molar-refractivity contribution >= 4 is 0 Å². The van der Waals surface area contributed by atoms with Gasteiger partial charge in [-0.25, -0.2) is 0 Å². The van der Waals surface area contributed by atoms with Crippen molar-refractivity contribution < 1.29 is 17.9 Å². The van der Waals surface area contributed by atoms with Crippen LogP contribution < -0.4 is 4.74 Å². The number of rotatable bonds is 2. The number of benzene rings is 2. The van der Waals surface area contributed by atoms with E-state index in [1.54, 1.807) is 18.2 Å². The Balaban J connectivity index is 2.19. The molecule has 0 spiro atoms. The summed E-state index contributed by atoms with van der Waals surface area (Å²) in [6, 6.07) is 11.6. The first-order valence-electron chi connectivity index (χ1n) is 5.23. The lowest BCUT2D eigenvalue weighted by molar-refractivity contribution is -0.137. The van der Waals surface area contributed by atoms with E-state index in [1.807, 2.05) is 6.07 Å². The van der Waals surface area contributed by atoms with Gasteiger partial charge in [0.25, 0.3) is 0 Å². The predicted molar refractivity (Wildman–Crippen MR) is 62.4 cm³/mol. The highest BCUT2D eigenvalue weighted by atomic mass is 19.4. The van der Waals surface area contributed by atoms with E-state index in [0.29, 0.717) is 17.1 Å². The maximum Gasteiger partial charge on any atom is 0.416 e. The van der Waals surface area contributed by atoms with Crippen LogP contribution in [0, 0.1) is 6.92 Å². The van der Waals surface area contributed by atoms with Gasteiger partial charge in [0.15, 0.2) is 0 Å². The number of hydrogen-bond acceptors (Lipinski definition) is 1. The highest BCUT2D eigenvalue weighted by Gasteiger charge is 2.30.